The minimum absolute atomic E-state index is 0.0579. The predicted molar refractivity (Wildman–Crippen MR) is 203 cm³/mol. The molecule has 0 saturated carbocycles. The van der Waals surface area contributed by atoms with Gasteiger partial charge in [0, 0.05) is 102 Å². The van der Waals surface area contributed by atoms with Crippen LogP contribution >= 0.6 is 0 Å². The number of hydrogen-bond acceptors (Lipinski definition) is 8. The highest BCUT2D eigenvalue weighted by atomic mass is 19.1. The number of likely N-dealkylation sites (tertiary alicyclic amines) is 1. The molecule has 1 amide bonds. The SMILES string of the molecule is CNC(=O)C(CCC=O)c1ccc(N2CCN(CCN3CCC(n4cc(Nc5ccc(-c6cc(C)c(F)cc6F)n6ccnc56)cn4)CC3)CC2)cc1. The molecule has 2 aromatic carbocycles. The van der Waals surface area contributed by atoms with Crippen molar-refractivity contribution < 1.29 is 18.4 Å². The number of piperidine rings is 1. The summed E-state index contributed by atoms with van der Waals surface area (Å²) in [5.41, 5.74) is 5.67. The number of halogens is 2. The number of carbonyl (C=O) groups excluding carboxylic acids is 2. The van der Waals surface area contributed by atoms with Crippen molar-refractivity contribution in [2.45, 2.75) is 44.6 Å². The van der Waals surface area contributed by atoms with Gasteiger partial charge in [0.15, 0.2) is 5.65 Å². The van der Waals surface area contributed by atoms with E-state index < -0.39 is 11.6 Å². The van der Waals surface area contributed by atoms with Crippen molar-refractivity contribution in [3.63, 3.8) is 0 Å². The summed E-state index contributed by atoms with van der Waals surface area (Å²) in [6, 6.07) is 14.7. The summed E-state index contributed by atoms with van der Waals surface area (Å²) in [6.07, 6.45) is 11.1. The first-order chi connectivity index (χ1) is 25.8. The Balaban J connectivity index is 0.870. The van der Waals surface area contributed by atoms with E-state index in [0.717, 1.165) is 94.5 Å². The molecule has 2 N–H and O–H groups in total. The van der Waals surface area contributed by atoms with Crippen LogP contribution in [0.3, 0.4) is 0 Å². The van der Waals surface area contributed by atoms with Crippen molar-refractivity contribution in [1.29, 1.82) is 0 Å². The topological polar surface area (TPSA) is 103 Å². The molecule has 13 heteroatoms. The summed E-state index contributed by atoms with van der Waals surface area (Å²) >= 11 is 0. The van der Waals surface area contributed by atoms with Gasteiger partial charge in [-0.1, -0.05) is 12.1 Å². The van der Waals surface area contributed by atoms with Crippen LogP contribution in [0.2, 0.25) is 0 Å². The molecule has 2 aliphatic rings. The van der Waals surface area contributed by atoms with E-state index in [1.165, 1.54) is 11.8 Å². The van der Waals surface area contributed by atoms with Crippen molar-refractivity contribution in [1.82, 2.24) is 34.3 Å². The third-order valence-corrected chi connectivity index (χ3v) is 10.8. The Hall–Kier alpha value is -5.14. The monoisotopic (exact) mass is 723 g/mol. The molecule has 0 aliphatic carbocycles. The van der Waals surface area contributed by atoms with Gasteiger partial charge in [-0.2, -0.15) is 5.10 Å². The van der Waals surface area contributed by atoms with Gasteiger partial charge in [-0.3, -0.25) is 18.8 Å². The molecule has 2 fully saturated rings. The third-order valence-electron chi connectivity index (χ3n) is 10.8. The van der Waals surface area contributed by atoms with E-state index >= 15 is 0 Å². The standard InChI is InChI=1S/C40H47F2N9O2/c1-28-24-34(36(42)25-35(28)41)38-10-9-37(39-44-13-16-50(38)39)46-30-26-45-51(27-30)32-11-14-47(15-12-32)17-18-48-19-21-49(22-20-48)31-7-5-29(6-8-31)33(4-3-23-52)40(53)43-2/h5-10,13,16,23-27,32-33,46H,3-4,11-12,14-15,17-22H2,1-2H3,(H,43,53). The number of benzene rings is 2. The summed E-state index contributed by atoms with van der Waals surface area (Å²) < 4.78 is 32.5. The number of fused-ring (bicyclic) bond motifs is 1. The Kier molecular flexibility index (Phi) is 11.1. The zero-order valence-corrected chi connectivity index (χ0v) is 30.3. The van der Waals surface area contributed by atoms with E-state index in [0.29, 0.717) is 41.4 Å². The van der Waals surface area contributed by atoms with Gasteiger partial charge in [-0.15, -0.1) is 0 Å². The lowest BCUT2D eigenvalue weighted by Crippen LogP contribution is -2.49. The third kappa shape index (κ3) is 8.11. The number of amides is 1. The van der Waals surface area contributed by atoms with Gasteiger partial charge in [-0.25, -0.2) is 13.8 Å². The first-order valence-electron chi connectivity index (χ1n) is 18.5. The van der Waals surface area contributed by atoms with Gasteiger partial charge in [0.1, 0.15) is 17.9 Å². The zero-order chi connectivity index (χ0) is 36.9. The number of aldehydes is 1. The van der Waals surface area contributed by atoms with E-state index in [2.05, 4.69) is 47.1 Å². The Morgan fingerprint density at radius 2 is 1.70 bits per heavy atom. The van der Waals surface area contributed by atoms with E-state index in [4.69, 9.17) is 5.10 Å². The molecule has 1 unspecified atom stereocenters. The highest BCUT2D eigenvalue weighted by Gasteiger charge is 2.24. The van der Waals surface area contributed by atoms with Crippen molar-refractivity contribution in [3.05, 3.63) is 96.1 Å². The van der Waals surface area contributed by atoms with Gasteiger partial charge in [0.05, 0.1) is 35.2 Å². The van der Waals surface area contributed by atoms with Gasteiger partial charge in [0.25, 0.3) is 0 Å². The summed E-state index contributed by atoms with van der Waals surface area (Å²) in [7, 11) is 1.63. The number of pyridine rings is 1. The molecule has 2 saturated heterocycles. The molecule has 2 aliphatic heterocycles. The fraction of sp³-hybridized carbons (Fsp3) is 0.400. The lowest BCUT2D eigenvalue weighted by Gasteiger charge is -2.38. The lowest BCUT2D eigenvalue weighted by molar-refractivity contribution is -0.122. The maximum absolute atomic E-state index is 14.7. The number of aromatic nitrogens is 4. The second-order valence-corrected chi connectivity index (χ2v) is 14.1. The molecule has 5 aromatic rings. The molecule has 278 valence electrons. The molecule has 11 nitrogen and oxygen atoms in total. The van der Waals surface area contributed by atoms with Crippen LogP contribution in [-0.2, 0) is 9.59 Å². The van der Waals surface area contributed by atoms with Crippen molar-refractivity contribution in [2.24, 2.45) is 0 Å². The second-order valence-electron chi connectivity index (χ2n) is 14.1. The molecular formula is C40H47F2N9O2. The Labute approximate surface area is 308 Å². The van der Waals surface area contributed by atoms with Crippen LogP contribution in [0, 0.1) is 18.6 Å². The largest absolute Gasteiger partial charge is 0.369 e. The van der Waals surface area contributed by atoms with E-state index in [1.54, 1.807) is 26.4 Å². The van der Waals surface area contributed by atoms with Crippen LogP contribution in [0.4, 0.5) is 25.8 Å². The summed E-state index contributed by atoms with van der Waals surface area (Å²) in [4.78, 5) is 35.3. The maximum Gasteiger partial charge on any atom is 0.227 e. The molecule has 5 heterocycles. The van der Waals surface area contributed by atoms with Crippen LogP contribution in [-0.4, -0.2) is 101 Å². The Morgan fingerprint density at radius 1 is 0.962 bits per heavy atom. The number of nitrogens with zero attached hydrogens (tertiary/aromatic N) is 7. The number of hydrogen-bond donors (Lipinski definition) is 2. The number of imidazole rings is 1. The first-order valence-corrected chi connectivity index (χ1v) is 18.5. The molecular weight excluding hydrogens is 676 g/mol. The number of carbonyl (C=O) groups is 2. The summed E-state index contributed by atoms with van der Waals surface area (Å²) in [6.45, 7) is 9.72. The minimum Gasteiger partial charge on any atom is -0.369 e. The Morgan fingerprint density at radius 3 is 2.42 bits per heavy atom. The van der Waals surface area contributed by atoms with Crippen LogP contribution in [0.1, 0.15) is 48.8 Å². The number of piperazine rings is 1. The van der Waals surface area contributed by atoms with Crippen molar-refractivity contribution in [3.8, 4) is 11.3 Å². The fourth-order valence-electron chi connectivity index (χ4n) is 7.64. The normalized spacial score (nSPS) is 16.6. The molecule has 7 rings (SSSR count). The van der Waals surface area contributed by atoms with Crippen molar-refractivity contribution >= 4 is 34.9 Å². The average molecular weight is 724 g/mol. The van der Waals surface area contributed by atoms with Gasteiger partial charge < -0.3 is 25.2 Å². The summed E-state index contributed by atoms with van der Waals surface area (Å²) in [5, 5.41) is 10.9. The Bertz CT molecular complexity index is 2030. The molecule has 1 atom stereocenters. The van der Waals surface area contributed by atoms with Gasteiger partial charge in [-0.05, 0) is 67.6 Å². The van der Waals surface area contributed by atoms with E-state index in [9.17, 15) is 18.4 Å². The van der Waals surface area contributed by atoms with Gasteiger partial charge in [0.2, 0.25) is 5.91 Å². The molecule has 53 heavy (non-hydrogen) atoms. The molecule has 0 spiro atoms. The highest BCUT2D eigenvalue weighted by Crippen LogP contribution is 2.31. The predicted octanol–water partition coefficient (Wildman–Crippen LogP) is 5.80. The average Bonchev–Trinajstić information content (AvgIpc) is 3.88. The number of rotatable bonds is 13. The summed E-state index contributed by atoms with van der Waals surface area (Å²) in [5.74, 6) is -1.55. The number of nitrogens with one attached hydrogen (secondary N) is 2. The number of aryl methyl sites for hydroxylation is 1. The smallest absolute Gasteiger partial charge is 0.227 e. The molecule has 3 aromatic heterocycles. The lowest BCUT2D eigenvalue weighted by atomic mass is 9.93. The quantitative estimate of drug-likeness (QED) is 0.147. The van der Waals surface area contributed by atoms with Crippen molar-refractivity contribution in [2.75, 3.05) is 69.6 Å². The number of likely N-dealkylation sites (N-methyl/N-ethyl adjacent to an activating group) is 1. The van der Waals surface area contributed by atoms with Crippen LogP contribution in [0.15, 0.2) is 73.3 Å². The molecule has 0 bridgehead atoms. The highest BCUT2D eigenvalue weighted by molar-refractivity contribution is 5.84. The maximum atomic E-state index is 14.7. The zero-order valence-electron chi connectivity index (χ0n) is 30.3. The van der Waals surface area contributed by atoms with E-state index in [-0.39, 0.29) is 11.8 Å². The first kappa shape index (κ1) is 36.2. The number of anilines is 3. The van der Waals surface area contributed by atoms with Gasteiger partial charge >= 0.3 is 0 Å². The van der Waals surface area contributed by atoms with Crippen LogP contribution in [0.25, 0.3) is 16.9 Å². The van der Waals surface area contributed by atoms with Crippen LogP contribution < -0.4 is 15.5 Å². The minimum atomic E-state index is -0.613. The molecule has 0 radical (unpaired) electrons. The second kappa shape index (κ2) is 16.3. The fourth-order valence-corrected chi connectivity index (χ4v) is 7.64. The van der Waals surface area contributed by atoms with E-state index in [1.807, 2.05) is 41.1 Å². The van der Waals surface area contributed by atoms with Crippen LogP contribution in [0.5, 0.6) is 0 Å².